The number of fused-ring (bicyclic) bond motifs is 2. The number of hydrogen-bond donors (Lipinski definition) is 2. The number of amides is 1. The molecule has 1 atom stereocenters. The molecule has 6 rings (SSSR count). The van der Waals surface area contributed by atoms with E-state index in [1.165, 1.54) is 0 Å². The second-order valence-electron chi connectivity index (χ2n) is 7.86. The van der Waals surface area contributed by atoms with Crippen molar-refractivity contribution in [3.05, 3.63) is 71.0 Å². The molecule has 0 unspecified atom stereocenters. The molecule has 6 heterocycles. The van der Waals surface area contributed by atoms with Gasteiger partial charge in [-0.15, -0.1) is 10.2 Å². The van der Waals surface area contributed by atoms with E-state index in [0.29, 0.717) is 18.7 Å². The van der Waals surface area contributed by atoms with E-state index in [4.69, 9.17) is 9.52 Å². The molecule has 0 fully saturated rings. The minimum Gasteiger partial charge on any atom is -0.411 e. The number of imidazole rings is 1. The van der Waals surface area contributed by atoms with Gasteiger partial charge < -0.3 is 14.3 Å². The van der Waals surface area contributed by atoms with Crippen molar-refractivity contribution in [3.63, 3.8) is 0 Å². The number of nitrogens with one attached hydrogen (secondary N) is 2. The lowest BCUT2D eigenvalue weighted by Crippen LogP contribution is -2.41. The van der Waals surface area contributed by atoms with E-state index in [1.807, 2.05) is 42.8 Å². The van der Waals surface area contributed by atoms with E-state index in [2.05, 4.69) is 30.4 Å². The number of H-pyrrole nitrogens is 2. The Morgan fingerprint density at radius 2 is 2.16 bits per heavy atom. The molecule has 5 aromatic rings. The number of pyridine rings is 1. The molecule has 0 bridgehead atoms. The maximum absolute atomic E-state index is 13.5. The zero-order valence-corrected chi connectivity index (χ0v) is 17.4. The van der Waals surface area contributed by atoms with Crippen LogP contribution >= 0.6 is 0 Å². The maximum atomic E-state index is 13.5. The Kier molecular flexibility index (Phi) is 3.97. The maximum Gasteiger partial charge on any atom is 0.312 e. The second kappa shape index (κ2) is 6.87. The standard InChI is InChI=1S/C21H19N9O2/c1-11-4-3-6-30-16(11)9-14(28-30)18-17-13(22-10-23-17)5-7-29(18)21(31)20-27-26-19(32-20)15-8-12(2)24-25-15/h3-4,6,8-10,18H,5,7H2,1-2H3,(H,22,23)(H,24,25)/t18-/m1/s1. The Bertz CT molecular complexity index is 1460. The van der Waals surface area contributed by atoms with Gasteiger partial charge in [0.25, 0.3) is 5.89 Å². The summed E-state index contributed by atoms with van der Waals surface area (Å²) in [6.07, 6.45) is 4.18. The van der Waals surface area contributed by atoms with Crippen molar-refractivity contribution < 1.29 is 9.21 Å². The van der Waals surface area contributed by atoms with E-state index in [0.717, 1.165) is 33.9 Å². The van der Waals surface area contributed by atoms with Crippen LogP contribution in [0.15, 0.2) is 41.2 Å². The summed E-state index contributed by atoms with van der Waals surface area (Å²) >= 11 is 0. The Labute approximate surface area is 181 Å². The molecular formula is C21H19N9O2. The summed E-state index contributed by atoms with van der Waals surface area (Å²) in [5, 5.41) is 19.7. The highest BCUT2D eigenvalue weighted by Gasteiger charge is 2.38. The highest BCUT2D eigenvalue weighted by atomic mass is 16.4. The summed E-state index contributed by atoms with van der Waals surface area (Å²) in [4.78, 5) is 22.9. The molecule has 0 saturated carbocycles. The van der Waals surface area contributed by atoms with Crippen molar-refractivity contribution in [1.82, 2.24) is 44.9 Å². The van der Waals surface area contributed by atoms with Gasteiger partial charge in [-0.25, -0.2) is 9.50 Å². The lowest BCUT2D eigenvalue weighted by molar-refractivity contribution is 0.0646. The van der Waals surface area contributed by atoms with E-state index >= 15 is 0 Å². The number of carbonyl (C=O) groups excluding carboxylic acids is 1. The van der Waals surface area contributed by atoms with Gasteiger partial charge in [0.15, 0.2) is 0 Å². The van der Waals surface area contributed by atoms with Crippen molar-refractivity contribution in [1.29, 1.82) is 0 Å². The summed E-state index contributed by atoms with van der Waals surface area (Å²) < 4.78 is 7.50. The molecule has 0 aliphatic carbocycles. The number of hydrogen-bond acceptors (Lipinski definition) is 7. The molecule has 11 nitrogen and oxygen atoms in total. The molecule has 11 heteroatoms. The highest BCUT2D eigenvalue weighted by molar-refractivity contribution is 5.90. The van der Waals surface area contributed by atoms with Gasteiger partial charge in [0.05, 0.1) is 23.2 Å². The first kappa shape index (κ1) is 18.5. The molecule has 0 radical (unpaired) electrons. The lowest BCUT2D eigenvalue weighted by Gasteiger charge is -2.32. The van der Waals surface area contributed by atoms with Gasteiger partial charge in [-0.2, -0.15) is 10.2 Å². The van der Waals surface area contributed by atoms with Gasteiger partial charge in [-0.3, -0.25) is 9.89 Å². The predicted octanol–water partition coefficient (Wildman–Crippen LogP) is 2.24. The molecule has 160 valence electrons. The van der Waals surface area contributed by atoms with Gasteiger partial charge in [0.1, 0.15) is 11.7 Å². The van der Waals surface area contributed by atoms with Crippen LogP contribution in [-0.4, -0.2) is 57.3 Å². The van der Waals surface area contributed by atoms with E-state index in [-0.39, 0.29) is 17.7 Å². The van der Waals surface area contributed by atoms with Gasteiger partial charge in [-0.1, -0.05) is 6.07 Å². The molecule has 32 heavy (non-hydrogen) atoms. The first-order chi connectivity index (χ1) is 15.6. The number of aryl methyl sites for hydroxylation is 2. The van der Waals surface area contributed by atoms with E-state index < -0.39 is 6.04 Å². The highest BCUT2D eigenvalue weighted by Crippen LogP contribution is 2.34. The van der Waals surface area contributed by atoms with Crippen LogP contribution in [0.5, 0.6) is 0 Å². The fourth-order valence-electron chi connectivity index (χ4n) is 4.17. The summed E-state index contributed by atoms with van der Waals surface area (Å²) in [5.74, 6) is -0.275. The van der Waals surface area contributed by atoms with Crippen LogP contribution in [0.2, 0.25) is 0 Å². The van der Waals surface area contributed by atoms with Crippen molar-refractivity contribution in [2.24, 2.45) is 0 Å². The van der Waals surface area contributed by atoms with Crippen molar-refractivity contribution in [2.45, 2.75) is 26.3 Å². The average molecular weight is 429 g/mol. The predicted molar refractivity (Wildman–Crippen MR) is 112 cm³/mol. The number of rotatable bonds is 3. The van der Waals surface area contributed by atoms with Crippen LogP contribution in [0, 0.1) is 13.8 Å². The van der Waals surface area contributed by atoms with Crippen molar-refractivity contribution in [2.75, 3.05) is 6.54 Å². The zero-order valence-electron chi connectivity index (χ0n) is 17.4. The van der Waals surface area contributed by atoms with E-state index in [9.17, 15) is 4.79 Å². The number of aromatic amines is 2. The normalized spacial score (nSPS) is 15.9. The van der Waals surface area contributed by atoms with Gasteiger partial charge in [0, 0.05) is 30.6 Å². The van der Waals surface area contributed by atoms with Crippen LogP contribution in [0.4, 0.5) is 0 Å². The molecule has 1 amide bonds. The summed E-state index contributed by atoms with van der Waals surface area (Å²) in [7, 11) is 0. The molecule has 0 spiro atoms. The van der Waals surface area contributed by atoms with Crippen LogP contribution in [0.25, 0.3) is 17.1 Å². The topological polar surface area (TPSA) is 134 Å². The Morgan fingerprint density at radius 3 is 2.97 bits per heavy atom. The summed E-state index contributed by atoms with van der Waals surface area (Å²) in [5.41, 5.74) is 5.91. The Balaban J connectivity index is 1.41. The lowest BCUT2D eigenvalue weighted by atomic mass is 9.99. The summed E-state index contributed by atoms with van der Waals surface area (Å²) in [6.45, 7) is 4.36. The molecule has 1 aliphatic heterocycles. The zero-order chi connectivity index (χ0) is 21.8. The van der Waals surface area contributed by atoms with Crippen LogP contribution in [0.1, 0.15) is 45.1 Å². The first-order valence-corrected chi connectivity index (χ1v) is 10.2. The second-order valence-corrected chi connectivity index (χ2v) is 7.86. The Hall–Kier alpha value is -4.28. The molecule has 0 saturated heterocycles. The summed E-state index contributed by atoms with van der Waals surface area (Å²) in [6, 6.07) is 7.27. The molecule has 1 aliphatic rings. The Morgan fingerprint density at radius 1 is 1.25 bits per heavy atom. The van der Waals surface area contributed by atoms with Crippen LogP contribution < -0.4 is 0 Å². The third-order valence-electron chi connectivity index (χ3n) is 5.73. The minimum absolute atomic E-state index is 0.0930. The smallest absolute Gasteiger partial charge is 0.312 e. The average Bonchev–Trinajstić information content (AvgIpc) is 3.57. The number of carbonyl (C=O) groups is 1. The quantitative estimate of drug-likeness (QED) is 0.449. The van der Waals surface area contributed by atoms with Crippen molar-refractivity contribution in [3.8, 4) is 11.6 Å². The van der Waals surface area contributed by atoms with Crippen molar-refractivity contribution >= 4 is 11.4 Å². The molecule has 5 aromatic heterocycles. The van der Waals surface area contributed by atoms with E-state index in [1.54, 1.807) is 17.3 Å². The van der Waals surface area contributed by atoms with Gasteiger partial charge in [0.2, 0.25) is 0 Å². The monoisotopic (exact) mass is 429 g/mol. The molecule has 2 N–H and O–H groups in total. The fraction of sp³-hybridized carbons (Fsp3) is 0.238. The van der Waals surface area contributed by atoms with Gasteiger partial charge in [-0.05, 0) is 37.6 Å². The third-order valence-corrected chi connectivity index (χ3v) is 5.73. The number of aromatic nitrogens is 8. The largest absolute Gasteiger partial charge is 0.411 e. The fourth-order valence-corrected chi connectivity index (χ4v) is 4.17. The van der Waals surface area contributed by atoms with Crippen LogP contribution in [0.3, 0.4) is 0 Å². The van der Waals surface area contributed by atoms with Crippen LogP contribution in [-0.2, 0) is 6.42 Å². The molecule has 0 aromatic carbocycles. The number of nitrogens with zero attached hydrogens (tertiary/aromatic N) is 7. The molecular weight excluding hydrogens is 410 g/mol. The SMILES string of the molecule is Cc1cc(-c2nnc(C(=O)N3CCc4[nH]cnc4[C@H]3c3cc4c(C)cccn4n3)o2)n[nH]1. The van der Waals surface area contributed by atoms with Gasteiger partial charge >= 0.3 is 11.8 Å². The minimum atomic E-state index is -0.472. The third kappa shape index (κ3) is 2.82. The first-order valence-electron chi connectivity index (χ1n) is 10.2.